The molecule has 2 unspecified atom stereocenters. The second-order valence-electron chi connectivity index (χ2n) is 14.8. The summed E-state index contributed by atoms with van der Waals surface area (Å²) < 4.78 is 87.4. The Balaban J connectivity index is 0.000000232. The summed E-state index contributed by atoms with van der Waals surface area (Å²) in [6, 6.07) is 7.28. The third kappa shape index (κ3) is 10.0. The number of fused-ring (bicyclic) bond motifs is 2. The second-order valence-corrected chi connectivity index (χ2v) is 16.8. The fraction of sp³-hybridized carbons (Fsp3) is 0.514. The summed E-state index contributed by atoms with van der Waals surface area (Å²) in [6.45, 7) is 9.29. The summed E-state index contributed by atoms with van der Waals surface area (Å²) in [5, 5.41) is 2.59. The molecule has 24 heteroatoms. The lowest BCUT2D eigenvalue weighted by molar-refractivity contribution is -0.149. The number of carbonyl (C=O) groups is 1. The molecule has 7 rings (SSSR count). The number of nitrogens with two attached hydrogens (primary N) is 3. The molecule has 320 valence electrons. The minimum absolute atomic E-state index is 0.0554. The zero-order valence-electron chi connectivity index (χ0n) is 34.1. The summed E-state index contributed by atoms with van der Waals surface area (Å²) >= 11 is 0. The highest BCUT2D eigenvalue weighted by Crippen LogP contribution is 2.48. The van der Waals surface area contributed by atoms with Crippen molar-refractivity contribution in [3.8, 4) is 5.75 Å². The maximum absolute atomic E-state index is 15.7. The van der Waals surface area contributed by atoms with Crippen LogP contribution in [0, 0.1) is 6.92 Å². The monoisotopic (exact) mass is 865 g/mol. The van der Waals surface area contributed by atoms with Crippen LogP contribution in [-0.4, -0.2) is 95.2 Å². The van der Waals surface area contributed by atoms with Crippen LogP contribution < -0.4 is 26.8 Å². The number of para-hydroxylation sites is 1. The molecule has 9 atom stereocenters. The molecule has 59 heavy (non-hydrogen) atoms. The number of carbonyl (C=O) groups excluding carboxylic acids is 1. The number of nitrogens with zero attached hydrogens (tertiary/aromatic N) is 8. The van der Waals surface area contributed by atoms with E-state index < -0.39 is 65.2 Å². The average Bonchev–Trinajstić information content (AvgIpc) is 3.92. The molecule has 0 saturated carbocycles. The van der Waals surface area contributed by atoms with E-state index in [2.05, 4.69) is 35.0 Å². The summed E-state index contributed by atoms with van der Waals surface area (Å²) in [7, 11) is -4.54. The van der Waals surface area contributed by atoms with E-state index in [9.17, 15) is 13.8 Å². The van der Waals surface area contributed by atoms with Crippen molar-refractivity contribution in [3.63, 3.8) is 0 Å². The Morgan fingerprint density at radius 1 is 0.949 bits per heavy atom. The number of imidazole rings is 2. The van der Waals surface area contributed by atoms with Crippen LogP contribution in [0.3, 0.4) is 0 Å². The first-order chi connectivity index (χ1) is 28.3. The van der Waals surface area contributed by atoms with E-state index in [1.807, 2.05) is 0 Å². The second kappa shape index (κ2) is 17.5. The third-order valence-electron chi connectivity index (χ3n) is 9.18. The molecular formula is C35H48F2N12O8P2. The number of hydrogen-bond donors (Lipinski definition) is 4. The van der Waals surface area contributed by atoms with Crippen LogP contribution in [0.1, 0.15) is 65.7 Å². The molecule has 2 aliphatic heterocycles. The first kappa shape index (κ1) is 42.4. The molecule has 0 radical (unpaired) electrons. The van der Waals surface area contributed by atoms with Gasteiger partial charge in [0.05, 0.1) is 45.5 Å². The normalized spacial score (nSPS) is 26.2. The van der Waals surface area contributed by atoms with Gasteiger partial charge in [-0.25, -0.2) is 33.3 Å². The molecule has 2 fully saturated rings. The summed E-state index contributed by atoms with van der Waals surface area (Å²) in [5.74, 6) is 0.315. The zero-order chi connectivity index (χ0) is 43.6. The number of halogens is 2. The molecule has 5 aromatic rings. The summed E-state index contributed by atoms with van der Waals surface area (Å²) in [5.41, 5.74) is 15.3. The van der Waals surface area contributed by atoms with Crippen LogP contribution >= 0.6 is 17.2 Å². The van der Waals surface area contributed by atoms with Crippen LogP contribution in [-0.2, 0) is 32.6 Å². The molecule has 0 bridgehead atoms. The molecule has 4 aromatic heterocycles. The van der Waals surface area contributed by atoms with E-state index in [0.717, 1.165) is 0 Å². The van der Waals surface area contributed by atoms with Gasteiger partial charge in [-0.3, -0.25) is 18.5 Å². The first-order valence-electron chi connectivity index (χ1n) is 19.0. The van der Waals surface area contributed by atoms with E-state index >= 15 is 4.39 Å². The minimum atomic E-state index is -4.15. The van der Waals surface area contributed by atoms with Crippen LogP contribution in [0.2, 0.25) is 0 Å². The number of esters is 1. The summed E-state index contributed by atoms with van der Waals surface area (Å²) in [4.78, 5) is 37.0. The minimum Gasteiger partial charge on any atom is -0.462 e. The fourth-order valence-corrected chi connectivity index (χ4v) is 8.41. The van der Waals surface area contributed by atoms with Crippen molar-refractivity contribution < 1.29 is 45.9 Å². The van der Waals surface area contributed by atoms with E-state index in [4.69, 9.17) is 46.3 Å². The number of rotatable bonds is 14. The van der Waals surface area contributed by atoms with Crippen molar-refractivity contribution in [1.29, 1.82) is 1.28 Å². The van der Waals surface area contributed by atoms with Gasteiger partial charge >= 0.3 is 13.7 Å². The van der Waals surface area contributed by atoms with Gasteiger partial charge in [0.15, 0.2) is 46.7 Å². The Kier molecular flexibility index (Phi) is 12.6. The molecule has 2 aliphatic rings. The SMILES string of the molecule is CC(C)OC(=O)[C@@H](C)NP(=O)(OC[C@@H]1C[C@@](C)(F)[C@H](n2cnc3c(N)nc(N)nc32)O1)Oc1ccccc1.[2H]POC[C@@H]1C[C@@](C)(F)[C@H](n2cnc3c(N)nc(C)nc32)O1. The van der Waals surface area contributed by atoms with Crippen LogP contribution in [0.4, 0.5) is 26.4 Å². The highest BCUT2D eigenvalue weighted by atomic mass is 31.2. The lowest BCUT2D eigenvalue weighted by atomic mass is 10.0. The maximum atomic E-state index is 15.7. The van der Waals surface area contributed by atoms with Crippen molar-refractivity contribution in [2.75, 3.05) is 30.4 Å². The lowest BCUT2D eigenvalue weighted by Crippen LogP contribution is -2.36. The van der Waals surface area contributed by atoms with Gasteiger partial charge in [0.25, 0.3) is 0 Å². The first-order valence-corrected chi connectivity index (χ1v) is 20.4. The highest BCUT2D eigenvalue weighted by molar-refractivity contribution is 7.52. The molecule has 0 aliphatic carbocycles. The number of nitrogen functional groups attached to an aromatic ring is 3. The van der Waals surface area contributed by atoms with Crippen LogP contribution in [0.25, 0.3) is 22.3 Å². The van der Waals surface area contributed by atoms with Crippen LogP contribution in [0.15, 0.2) is 43.0 Å². The number of alkyl halides is 2. The van der Waals surface area contributed by atoms with Crippen molar-refractivity contribution in [2.45, 2.75) is 103 Å². The van der Waals surface area contributed by atoms with Crippen LogP contribution in [0.5, 0.6) is 5.75 Å². The van der Waals surface area contributed by atoms with Gasteiger partial charge in [0.1, 0.15) is 28.6 Å². The Morgan fingerprint density at radius 2 is 1.51 bits per heavy atom. The van der Waals surface area contributed by atoms with E-state index in [-0.39, 0.29) is 66.7 Å². The number of aryl methyl sites for hydroxylation is 1. The average molecular weight is 866 g/mol. The highest BCUT2D eigenvalue weighted by Gasteiger charge is 2.49. The van der Waals surface area contributed by atoms with Gasteiger partial charge in [-0.15, -0.1) is 0 Å². The standard InChI is InChI=1S/C23H31FN7O6P.C12H17FN5O2P/c1-13(2)35-20(32)14(3)30-38(33,37-15-8-6-5-7-9-15)34-11-16-10-23(4,24)21(36-16)31-12-27-17-18(25)28-22(26)29-19(17)31;1-6-16-9(14)8-10(17-6)18(5-15-8)11-12(2,13)3-7(20-11)4-19-21/h5-9,12-14,16,21H,10-11H2,1-4H3,(H,30,33)(H4,25,26,28,29);5,7,11H,3-4,21H2,1-2H3,(H2,14,16,17)/t14-,16+,21-,23-,38?;7-,11+,12+/m10/s1/i;21D/t;7-,11+,12+,21?. The number of benzene rings is 1. The lowest BCUT2D eigenvalue weighted by Gasteiger charge is -2.24. The van der Waals surface area contributed by atoms with E-state index in [1.165, 1.54) is 38.0 Å². The van der Waals surface area contributed by atoms with E-state index in [1.54, 1.807) is 55.7 Å². The van der Waals surface area contributed by atoms with Crippen molar-refractivity contribution in [2.24, 2.45) is 0 Å². The number of anilines is 3. The Bertz CT molecular complexity index is 2340. The molecule has 7 N–H and O–H groups in total. The van der Waals surface area contributed by atoms with Crippen molar-refractivity contribution in [1.82, 2.24) is 44.1 Å². The smallest absolute Gasteiger partial charge is 0.459 e. The predicted octanol–water partition coefficient (Wildman–Crippen LogP) is 4.68. The Hall–Kier alpha value is -4.69. The topological polar surface area (TPSA) is 267 Å². The van der Waals surface area contributed by atoms with Gasteiger partial charge in [-0.2, -0.15) is 15.1 Å². The zero-order valence-corrected chi connectivity index (χ0v) is 35.0. The molecule has 1 aromatic carbocycles. The Morgan fingerprint density at radius 3 is 2.08 bits per heavy atom. The molecule has 20 nitrogen and oxygen atoms in total. The van der Waals surface area contributed by atoms with Gasteiger partial charge in [0, 0.05) is 22.3 Å². The molecule has 2 saturated heterocycles. The van der Waals surface area contributed by atoms with Crippen molar-refractivity contribution in [3.05, 3.63) is 48.8 Å². The number of ether oxygens (including phenoxy) is 3. The summed E-state index contributed by atoms with van der Waals surface area (Å²) in [6.07, 6.45) is -0.757. The van der Waals surface area contributed by atoms with Crippen molar-refractivity contribution >= 4 is 63.0 Å². The number of aromatic nitrogens is 8. The molecule has 0 spiro atoms. The van der Waals surface area contributed by atoms with Gasteiger partial charge in [-0.1, -0.05) is 18.2 Å². The third-order valence-corrected chi connectivity index (χ3v) is 11.0. The maximum Gasteiger partial charge on any atom is 0.459 e. The number of hydrogen-bond acceptors (Lipinski definition) is 17. The number of nitrogens with one attached hydrogen (secondary N) is 1. The largest absolute Gasteiger partial charge is 0.462 e. The fourth-order valence-electron chi connectivity index (χ4n) is 6.70. The molecule has 6 heterocycles. The predicted molar refractivity (Wildman–Crippen MR) is 215 cm³/mol. The Labute approximate surface area is 341 Å². The molecule has 0 amide bonds. The van der Waals surface area contributed by atoms with Gasteiger partial charge in [0.2, 0.25) is 5.95 Å². The molecular weight excluding hydrogens is 816 g/mol. The van der Waals surface area contributed by atoms with E-state index in [0.29, 0.717) is 17.0 Å². The van der Waals surface area contributed by atoms with Gasteiger partial charge < -0.3 is 40.5 Å². The quantitative estimate of drug-likeness (QED) is 0.0872. The van der Waals surface area contributed by atoms with Gasteiger partial charge in [-0.05, 0) is 53.7 Å².